The number of pyridine rings is 1. The summed E-state index contributed by atoms with van der Waals surface area (Å²) in [6, 6.07) is 9.90. The summed E-state index contributed by atoms with van der Waals surface area (Å²) in [6.07, 6.45) is 3.80. The van der Waals surface area contributed by atoms with Crippen molar-refractivity contribution in [2.75, 3.05) is 0 Å². The van der Waals surface area contributed by atoms with Gasteiger partial charge < -0.3 is 10.7 Å². The molecule has 0 aliphatic rings. The van der Waals surface area contributed by atoms with Crippen LogP contribution in [0.3, 0.4) is 0 Å². The number of hydrogen-bond donors (Lipinski definition) is 2. The number of hydrogen-bond acceptors (Lipinski definition) is 3. The second-order valence-corrected chi connectivity index (χ2v) is 6.28. The van der Waals surface area contributed by atoms with E-state index in [0.29, 0.717) is 5.57 Å². The van der Waals surface area contributed by atoms with Crippen LogP contribution in [0.4, 0.5) is 0 Å². The molecule has 25 heavy (non-hydrogen) atoms. The highest BCUT2D eigenvalue weighted by Crippen LogP contribution is 2.28. The molecule has 0 fully saturated rings. The molecule has 3 N–H and O–H groups in total. The molecule has 0 radical (unpaired) electrons. The first-order valence-electron chi connectivity index (χ1n) is 8.09. The first kappa shape index (κ1) is 16.7. The number of carbonyl (C=O) groups is 1. The summed E-state index contributed by atoms with van der Waals surface area (Å²) in [5, 5.41) is 1.04. The molecule has 0 aliphatic carbocycles. The Kier molecular flexibility index (Phi) is 4.28. The zero-order valence-corrected chi connectivity index (χ0v) is 14.7. The lowest BCUT2D eigenvalue weighted by molar-refractivity contribution is -0.111. The number of H-pyrrole nitrogens is 1. The minimum absolute atomic E-state index is 0.0211. The van der Waals surface area contributed by atoms with Crippen molar-refractivity contribution in [1.82, 2.24) is 9.97 Å². The minimum Gasteiger partial charge on any atom is -0.402 e. The molecule has 2 heterocycles. The van der Waals surface area contributed by atoms with Gasteiger partial charge in [-0.05, 0) is 44.0 Å². The van der Waals surface area contributed by atoms with Crippen molar-refractivity contribution < 1.29 is 4.79 Å². The quantitative estimate of drug-likeness (QED) is 0.693. The van der Waals surface area contributed by atoms with Gasteiger partial charge in [0.05, 0.1) is 0 Å². The van der Waals surface area contributed by atoms with E-state index in [9.17, 15) is 4.79 Å². The Labute approximate surface area is 147 Å². The van der Waals surface area contributed by atoms with E-state index in [1.807, 2.05) is 50.4 Å². The molecule has 1 aromatic carbocycles. The van der Waals surface area contributed by atoms with Gasteiger partial charge in [-0.1, -0.05) is 30.8 Å². The molecule has 2 aromatic heterocycles. The first-order valence-corrected chi connectivity index (χ1v) is 8.09. The molecule has 0 atom stereocenters. The zero-order valence-electron chi connectivity index (χ0n) is 14.7. The highest BCUT2D eigenvalue weighted by Gasteiger charge is 2.10. The number of benzene rings is 1. The van der Waals surface area contributed by atoms with Crippen molar-refractivity contribution in [2.45, 2.75) is 20.8 Å². The molecular formula is C21H21N3O. The number of fused-ring (bicyclic) bond motifs is 1. The molecule has 0 amide bonds. The summed E-state index contributed by atoms with van der Waals surface area (Å²) in [7, 11) is 0. The molecule has 0 unspecified atom stereocenters. The van der Waals surface area contributed by atoms with Crippen LogP contribution in [-0.4, -0.2) is 15.8 Å². The number of nitrogens with one attached hydrogen (secondary N) is 1. The molecular weight excluding hydrogens is 310 g/mol. The number of aryl methyl sites for hydroxylation is 1. The van der Waals surface area contributed by atoms with Crippen molar-refractivity contribution >= 4 is 28.5 Å². The Bertz CT molecular complexity index is 1000. The van der Waals surface area contributed by atoms with E-state index in [4.69, 9.17) is 5.73 Å². The van der Waals surface area contributed by atoms with Crippen molar-refractivity contribution in [3.63, 3.8) is 0 Å². The number of aromatic nitrogens is 2. The van der Waals surface area contributed by atoms with Crippen molar-refractivity contribution in [1.29, 1.82) is 0 Å². The van der Waals surface area contributed by atoms with Crippen LogP contribution in [0.5, 0.6) is 0 Å². The van der Waals surface area contributed by atoms with Crippen LogP contribution in [0.1, 0.15) is 30.7 Å². The van der Waals surface area contributed by atoms with Gasteiger partial charge in [0.25, 0.3) is 0 Å². The summed E-state index contributed by atoms with van der Waals surface area (Å²) in [5.74, 6) is -0.0211. The predicted molar refractivity (Wildman–Crippen MR) is 104 cm³/mol. The molecule has 4 nitrogen and oxygen atoms in total. The molecule has 0 aliphatic heterocycles. The maximum atomic E-state index is 11.4. The molecule has 3 aromatic rings. The van der Waals surface area contributed by atoms with Gasteiger partial charge in [0.15, 0.2) is 5.78 Å². The third-order valence-corrected chi connectivity index (χ3v) is 4.25. The Hall–Kier alpha value is -3.14. The minimum atomic E-state index is -0.0211. The van der Waals surface area contributed by atoms with E-state index >= 15 is 0 Å². The van der Waals surface area contributed by atoms with Crippen LogP contribution < -0.4 is 5.73 Å². The third-order valence-electron chi connectivity index (χ3n) is 4.25. The summed E-state index contributed by atoms with van der Waals surface area (Å²) < 4.78 is 0. The molecule has 0 saturated heterocycles. The number of nitrogens with zero attached hydrogens (tertiary/aromatic N) is 1. The smallest absolute Gasteiger partial charge is 0.159 e. The van der Waals surface area contributed by atoms with E-state index in [-0.39, 0.29) is 5.78 Å². The molecule has 3 rings (SSSR count). The number of carbonyl (C=O) groups excluding carboxylic acids is 1. The van der Waals surface area contributed by atoms with Crippen molar-refractivity contribution in [3.8, 4) is 11.1 Å². The average molecular weight is 331 g/mol. The van der Waals surface area contributed by atoms with Crippen LogP contribution in [0, 0.1) is 6.92 Å². The maximum absolute atomic E-state index is 11.4. The lowest BCUT2D eigenvalue weighted by atomic mass is 9.99. The van der Waals surface area contributed by atoms with E-state index in [1.54, 1.807) is 0 Å². The van der Waals surface area contributed by atoms with E-state index in [1.165, 1.54) is 6.92 Å². The number of allylic oxidation sites excluding steroid dienone is 2. The van der Waals surface area contributed by atoms with Gasteiger partial charge in [-0.2, -0.15) is 0 Å². The summed E-state index contributed by atoms with van der Waals surface area (Å²) >= 11 is 0. The number of ketones is 1. The second-order valence-electron chi connectivity index (χ2n) is 6.28. The van der Waals surface area contributed by atoms with E-state index in [2.05, 4.69) is 22.6 Å². The summed E-state index contributed by atoms with van der Waals surface area (Å²) in [5.41, 5.74) is 13.0. The Morgan fingerprint density at radius 2 is 1.88 bits per heavy atom. The molecule has 0 saturated carbocycles. The Morgan fingerprint density at radius 3 is 2.48 bits per heavy atom. The van der Waals surface area contributed by atoms with Gasteiger partial charge in [0, 0.05) is 39.7 Å². The summed E-state index contributed by atoms with van der Waals surface area (Å²) in [4.78, 5) is 19.3. The van der Waals surface area contributed by atoms with E-state index < -0.39 is 0 Å². The predicted octanol–water partition coefficient (Wildman–Crippen LogP) is 4.46. The van der Waals surface area contributed by atoms with Gasteiger partial charge in [-0.15, -0.1) is 0 Å². The molecule has 4 heteroatoms. The highest BCUT2D eigenvalue weighted by atomic mass is 16.1. The van der Waals surface area contributed by atoms with E-state index in [0.717, 1.165) is 44.7 Å². The van der Waals surface area contributed by atoms with Crippen molar-refractivity contribution in [2.24, 2.45) is 5.73 Å². The van der Waals surface area contributed by atoms with Crippen LogP contribution in [0.2, 0.25) is 0 Å². The third kappa shape index (κ3) is 3.24. The lowest BCUT2D eigenvalue weighted by Crippen LogP contribution is -1.93. The monoisotopic (exact) mass is 331 g/mol. The SMILES string of the molecule is C=C(C(C)=O)c1ccc(-c2cnc3[nH]c(C)c(/C=C(\C)N)c3c2)cc1. The van der Waals surface area contributed by atoms with Crippen LogP contribution in [0.25, 0.3) is 33.8 Å². The van der Waals surface area contributed by atoms with Gasteiger partial charge in [0.2, 0.25) is 0 Å². The fourth-order valence-electron chi connectivity index (χ4n) is 2.86. The molecule has 0 spiro atoms. The fraction of sp³-hybridized carbons (Fsp3) is 0.143. The van der Waals surface area contributed by atoms with Crippen LogP contribution >= 0.6 is 0 Å². The van der Waals surface area contributed by atoms with Crippen LogP contribution in [0.15, 0.2) is 48.8 Å². The second kappa shape index (κ2) is 6.40. The largest absolute Gasteiger partial charge is 0.402 e. The number of Topliss-reactive ketones (excluding diaryl/α,β-unsaturated/α-hetero) is 1. The number of rotatable bonds is 4. The highest BCUT2D eigenvalue weighted by molar-refractivity contribution is 6.18. The normalized spacial score (nSPS) is 11.7. The lowest BCUT2D eigenvalue weighted by Gasteiger charge is -2.05. The van der Waals surface area contributed by atoms with Crippen molar-refractivity contribution in [3.05, 3.63) is 65.6 Å². The van der Waals surface area contributed by atoms with Gasteiger partial charge in [-0.3, -0.25) is 4.79 Å². The number of aromatic amines is 1. The standard InChI is InChI=1S/C21H21N3O/c1-12(22)9-19-14(3)24-21-20(19)10-18(11-23-21)17-7-5-16(6-8-17)13(2)15(4)25/h5-11H,2,22H2,1,3-4H3,(H,23,24)/b12-9+. The van der Waals surface area contributed by atoms with Crippen LogP contribution in [-0.2, 0) is 4.79 Å². The Balaban J connectivity index is 2.06. The number of nitrogens with two attached hydrogens (primary N) is 1. The van der Waals surface area contributed by atoms with Gasteiger partial charge in [-0.25, -0.2) is 4.98 Å². The average Bonchev–Trinajstić information content (AvgIpc) is 2.89. The fourth-order valence-corrected chi connectivity index (χ4v) is 2.86. The van der Waals surface area contributed by atoms with Gasteiger partial charge >= 0.3 is 0 Å². The summed E-state index contributed by atoms with van der Waals surface area (Å²) in [6.45, 7) is 9.23. The first-order chi connectivity index (χ1) is 11.9. The Morgan fingerprint density at radius 1 is 1.20 bits per heavy atom. The maximum Gasteiger partial charge on any atom is 0.159 e. The molecule has 126 valence electrons. The van der Waals surface area contributed by atoms with Gasteiger partial charge in [0.1, 0.15) is 5.65 Å². The zero-order chi connectivity index (χ0) is 18.1. The topological polar surface area (TPSA) is 71.8 Å². The molecule has 0 bridgehead atoms.